The molecule has 0 spiro atoms. The SMILES string of the molecule is CN(C)c1cccc(C(=O)NNC(=O)Cn2nnc(-c3ccccc3)n2)c1. The average Bonchev–Trinajstić information content (AvgIpc) is 3.15. The van der Waals surface area contributed by atoms with Gasteiger partial charge in [0.15, 0.2) is 0 Å². The van der Waals surface area contributed by atoms with E-state index in [4.69, 9.17) is 0 Å². The molecular weight excluding hydrogens is 346 g/mol. The molecule has 1 aromatic heterocycles. The molecule has 2 aromatic carbocycles. The number of nitrogens with one attached hydrogen (secondary N) is 2. The van der Waals surface area contributed by atoms with Crippen LogP contribution in [0.4, 0.5) is 5.69 Å². The van der Waals surface area contributed by atoms with Crippen molar-refractivity contribution in [1.82, 2.24) is 31.1 Å². The zero-order valence-corrected chi connectivity index (χ0v) is 15.0. The molecule has 2 N–H and O–H groups in total. The minimum Gasteiger partial charge on any atom is -0.378 e. The lowest BCUT2D eigenvalue weighted by atomic mass is 10.2. The van der Waals surface area contributed by atoms with Crippen LogP contribution < -0.4 is 15.8 Å². The molecule has 0 saturated heterocycles. The van der Waals surface area contributed by atoms with E-state index in [0.717, 1.165) is 16.0 Å². The highest BCUT2D eigenvalue weighted by molar-refractivity contribution is 5.96. The molecule has 0 radical (unpaired) electrons. The topological polar surface area (TPSA) is 105 Å². The van der Waals surface area contributed by atoms with E-state index in [0.29, 0.717) is 11.4 Å². The Morgan fingerprint density at radius 3 is 2.56 bits per heavy atom. The van der Waals surface area contributed by atoms with Gasteiger partial charge in [-0.25, -0.2) is 0 Å². The van der Waals surface area contributed by atoms with Crippen molar-refractivity contribution in [2.24, 2.45) is 0 Å². The third-order valence-corrected chi connectivity index (χ3v) is 3.71. The van der Waals surface area contributed by atoms with Crippen molar-refractivity contribution in [3.63, 3.8) is 0 Å². The summed E-state index contributed by atoms with van der Waals surface area (Å²) in [6, 6.07) is 16.4. The van der Waals surface area contributed by atoms with E-state index in [1.54, 1.807) is 18.2 Å². The van der Waals surface area contributed by atoms with Gasteiger partial charge in [-0.3, -0.25) is 20.4 Å². The molecular formula is C18H19N7O2. The van der Waals surface area contributed by atoms with Crippen LogP contribution in [0.1, 0.15) is 10.4 Å². The summed E-state index contributed by atoms with van der Waals surface area (Å²) >= 11 is 0. The molecule has 9 heteroatoms. The highest BCUT2D eigenvalue weighted by atomic mass is 16.2. The summed E-state index contributed by atoms with van der Waals surface area (Å²) in [5, 5.41) is 11.9. The lowest BCUT2D eigenvalue weighted by molar-refractivity contribution is -0.122. The fourth-order valence-electron chi connectivity index (χ4n) is 2.30. The second kappa shape index (κ2) is 8.09. The van der Waals surface area contributed by atoms with Gasteiger partial charge in [0.05, 0.1) is 0 Å². The van der Waals surface area contributed by atoms with Crippen LogP contribution in [-0.2, 0) is 11.3 Å². The molecule has 3 rings (SSSR count). The molecule has 2 amide bonds. The normalized spacial score (nSPS) is 10.3. The Morgan fingerprint density at radius 2 is 1.81 bits per heavy atom. The fraction of sp³-hybridized carbons (Fsp3) is 0.167. The first kappa shape index (κ1) is 18.1. The van der Waals surface area contributed by atoms with Crippen LogP contribution in [0, 0.1) is 0 Å². The third kappa shape index (κ3) is 4.66. The number of amides is 2. The number of nitrogens with zero attached hydrogens (tertiary/aromatic N) is 5. The molecule has 27 heavy (non-hydrogen) atoms. The lowest BCUT2D eigenvalue weighted by Crippen LogP contribution is -2.43. The minimum absolute atomic E-state index is 0.169. The number of aromatic nitrogens is 4. The zero-order valence-electron chi connectivity index (χ0n) is 15.0. The van der Waals surface area contributed by atoms with E-state index in [9.17, 15) is 9.59 Å². The van der Waals surface area contributed by atoms with Gasteiger partial charge in [-0.1, -0.05) is 36.4 Å². The summed E-state index contributed by atoms with van der Waals surface area (Å²) in [7, 11) is 3.77. The van der Waals surface area contributed by atoms with Crippen LogP contribution in [0.3, 0.4) is 0 Å². The Bertz CT molecular complexity index is 938. The fourth-order valence-corrected chi connectivity index (χ4v) is 2.30. The molecule has 1 heterocycles. The van der Waals surface area contributed by atoms with Crippen molar-refractivity contribution in [1.29, 1.82) is 0 Å². The van der Waals surface area contributed by atoms with Crippen LogP contribution in [0.2, 0.25) is 0 Å². The molecule has 0 bridgehead atoms. The van der Waals surface area contributed by atoms with E-state index in [1.165, 1.54) is 0 Å². The van der Waals surface area contributed by atoms with Gasteiger partial charge in [-0.05, 0) is 23.4 Å². The van der Waals surface area contributed by atoms with Crippen molar-refractivity contribution >= 4 is 17.5 Å². The smallest absolute Gasteiger partial charge is 0.269 e. The number of carbonyl (C=O) groups excluding carboxylic acids is 2. The molecule has 3 aromatic rings. The number of carbonyl (C=O) groups is 2. The summed E-state index contributed by atoms with van der Waals surface area (Å²) < 4.78 is 0. The van der Waals surface area contributed by atoms with Gasteiger partial charge in [-0.2, -0.15) is 4.80 Å². The molecule has 9 nitrogen and oxygen atoms in total. The first-order chi connectivity index (χ1) is 13.0. The summed E-state index contributed by atoms with van der Waals surface area (Å²) in [5.74, 6) is -0.458. The van der Waals surface area contributed by atoms with E-state index in [1.807, 2.05) is 55.4 Å². The summed E-state index contributed by atoms with van der Waals surface area (Å²) in [4.78, 5) is 27.2. The van der Waals surface area contributed by atoms with Crippen molar-refractivity contribution in [3.8, 4) is 11.4 Å². The Balaban J connectivity index is 1.55. The maximum absolute atomic E-state index is 12.2. The van der Waals surface area contributed by atoms with Crippen LogP contribution >= 0.6 is 0 Å². The molecule has 138 valence electrons. The lowest BCUT2D eigenvalue weighted by Gasteiger charge is -2.13. The van der Waals surface area contributed by atoms with Gasteiger partial charge >= 0.3 is 0 Å². The van der Waals surface area contributed by atoms with Crippen LogP contribution in [0.25, 0.3) is 11.4 Å². The van der Waals surface area contributed by atoms with Crippen molar-refractivity contribution in [3.05, 3.63) is 60.2 Å². The molecule has 0 fully saturated rings. The second-order valence-electron chi connectivity index (χ2n) is 5.96. The summed E-state index contributed by atoms with van der Waals surface area (Å²) in [5.41, 5.74) is 6.85. The summed E-state index contributed by atoms with van der Waals surface area (Å²) in [6.07, 6.45) is 0. The third-order valence-electron chi connectivity index (χ3n) is 3.71. The number of benzene rings is 2. The predicted molar refractivity (Wildman–Crippen MR) is 99.6 cm³/mol. The maximum atomic E-state index is 12.2. The largest absolute Gasteiger partial charge is 0.378 e. The molecule has 0 atom stereocenters. The number of hydrogen-bond donors (Lipinski definition) is 2. The highest BCUT2D eigenvalue weighted by Crippen LogP contribution is 2.13. The first-order valence-electron chi connectivity index (χ1n) is 8.23. The molecule has 0 aliphatic carbocycles. The van der Waals surface area contributed by atoms with Gasteiger partial charge in [0.1, 0.15) is 6.54 Å². The Labute approximate surface area is 156 Å². The Morgan fingerprint density at radius 1 is 1.04 bits per heavy atom. The monoisotopic (exact) mass is 365 g/mol. The molecule has 0 aliphatic heterocycles. The zero-order chi connectivity index (χ0) is 19.2. The first-order valence-corrected chi connectivity index (χ1v) is 8.23. The maximum Gasteiger partial charge on any atom is 0.269 e. The number of tetrazole rings is 1. The molecule has 0 saturated carbocycles. The number of hydrazine groups is 1. The second-order valence-corrected chi connectivity index (χ2v) is 5.96. The van der Waals surface area contributed by atoms with Crippen LogP contribution in [0.5, 0.6) is 0 Å². The number of hydrogen-bond acceptors (Lipinski definition) is 6. The summed E-state index contributed by atoms with van der Waals surface area (Å²) in [6.45, 7) is -0.169. The average molecular weight is 365 g/mol. The van der Waals surface area contributed by atoms with Crippen molar-refractivity contribution < 1.29 is 9.59 Å². The molecule has 0 unspecified atom stereocenters. The van der Waals surface area contributed by atoms with E-state index < -0.39 is 11.8 Å². The molecule has 0 aliphatic rings. The van der Waals surface area contributed by atoms with Gasteiger partial charge in [0.25, 0.3) is 11.8 Å². The highest BCUT2D eigenvalue weighted by Gasteiger charge is 2.11. The standard InChI is InChI=1S/C18H19N7O2/c1-24(2)15-10-6-9-14(11-15)18(27)21-19-16(26)12-25-22-17(20-23-25)13-7-4-3-5-8-13/h3-11H,12H2,1-2H3,(H,19,26)(H,21,27). The van der Waals surface area contributed by atoms with Gasteiger partial charge in [0.2, 0.25) is 5.82 Å². The van der Waals surface area contributed by atoms with Gasteiger partial charge in [0, 0.05) is 30.9 Å². The van der Waals surface area contributed by atoms with E-state index in [2.05, 4.69) is 26.3 Å². The van der Waals surface area contributed by atoms with Crippen molar-refractivity contribution in [2.75, 3.05) is 19.0 Å². The van der Waals surface area contributed by atoms with Crippen LogP contribution in [-0.4, -0.2) is 46.1 Å². The van der Waals surface area contributed by atoms with Gasteiger partial charge in [-0.15, -0.1) is 10.2 Å². The minimum atomic E-state index is -0.468. The number of rotatable bonds is 5. The van der Waals surface area contributed by atoms with Crippen LogP contribution in [0.15, 0.2) is 54.6 Å². The van der Waals surface area contributed by atoms with Gasteiger partial charge < -0.3 is 4.90 Å². The van der Waals surface area contributed by atoms with E-state index >= 15 is 0 Å². The Kier molecular flexibility index (Phi) is 5.41. The number of anilines is 1. The quantitative estimate of drug-likeness (QED) is 0.650. The Hall–Kier alpha value is -3.75. The van der Waals surface area contributed by atoms with E-state index in [-0.39, 0.29) is 6.54 Å². The predicted octanol–water partition coefficient (Wildman–Crippen LogP) is 0.867. The van der Waals surface area contributed by atoms with Crippen molar-refractivity contribution in [2.45, 2.75) is 6.54 Å².